The van der Waals surface area contributed by atoms with Crippen LogP contribution in [0.4, 0.5) is 5.69 Å². The first-order chi connectivity index (χ1) is 13.2. The van der Waals surface area contributed by atoms with Gasteiger partial charge in [-0.05, 0) is 60.7 Å². The molecule has 0 atom stereocenters. The van der Waals surface area contributed by atoms with Crippen molar-refractivity contribution in [3.63, 3.8) is 0 Å². The van der Waals surface area contributed by atoms with Crippen LogP contribution in [0.5, 0.6) is 11.5 Å². The maximum Gasteiger partial charge on any atom is 0.255 e. The lowest BCUT2D eigenvalue weighted by atomic mass is 10.2. The van der Waals surface area contributed by atoms with Crippen LogP contribution < -0.4 is 14.8 Å². The molecule has 0 bridgehead atoms. The minimum atomic E-state index is -0.180. The van der Waals surface area contributed by atoms with E-state index in [0.717, 1.165) is 17.9 Å². The number of hydrogen-bond acceptors (Lipinski definition) is 3. The van der Waals surface area contributed by atoms with Crippen LogP contribution in [-0.4, -0.2) is 19.1 Å². The smallest absolute Gasteiger partial charge is 0.255 e. The predicted octanol–water partition coefficient (Wildman–Crippen LogP) is 5.44. The van der Waals surface area contributed by atoms with E-state index < -0.39 is 0 Å². The molecule has 0 radical (unpaired) electrons. The van der Waals surface area contributed by atoms with E-state index in [1.165, 1.54) is 0 Å². The van der Waals surface area contributed by atoms with Gasteiger partial charge >= 0.3 is 0 Å². The molecule has 0 heterocycles. The standard InChI is InChI=1S/C22H20ClNO3/c23-18-9-11-19(12-10-18)24-22(25)17-7-13-21(14-8-17)27-16-4-15-26-20-5-2-1-3-6-20/h1-3,5-14H,4,15-16H2,(H,24,25). The lowest BCUT2D eigenvalue weighted by molar-refractivity contribution is 0.102. The van der Waals surface area contributed by atoms with Crippen LogP contribution >= 0.6 is 11.6 Å². The number of halogens is 1. The number of nitrogens with one attached hydrogen (secondary N) is 1. The number of carbonyl (C=O) groups is 1. The zero-order chi connectivity index (χ0) is 18.9. The fraction of sp³-hybridized carbons (Fsp3) is 0.136. The van der Waals surface area contributed by atoms with E-state index in [1.807, 2.05) is 30.3 Å². The summed E-state index contributed by atoms with van der Waals surface area (Å²) in [5, 5.41) is 3.45. The van der Waals surface area contributed by atoms with Crippen LogP contribution in [0.25, 0.3) is 0 Å². The first-order valence-corrected chi connectivity index (χ1v) is 9.06. The summed E-state index contributed by atoms with van der Waals surface area (Å²) in [5.41, 5.74) is 1.26. The van der Waals surface area contributed by atoms with Gasteiger partial charge in [-0.3, -0.25) is 4.79 Å². The fourth-order valence-corrected chi connectivity index (χ4v) is 2.52. The third-order valence-electron chi connectivity index (χ3n) is 3.79. The SMILES string of the molecule is O=C(Nc1ccc(Cl)cc1)c1ccc(OCCCOc2ccccc2)cc1. The van der Waals surface area contributed by atoms with Gasteiger partial charge in [0.25, 0.3) is 5.91 Å². The van der Waals surface area contributed by atoms with Gasteiger partial charge in [-0.15, -0.1) is 0 Å². The predicted molar refractivity (Wildman–Crippen MR) is 108 cm³/mol. The van der Waals surface area contributed by atoms with Gasteiger partial charge in [0.1, 0.15) is 11.5 Å². The zero-order valence-electron chi connectivity index (χ0n) is 14.7. The molecule has 0 aliphatic heterocycles. The van der Waals surface area contributed by atoms with Crippen molar-refractivity contribution in [2.24, 2.45) is 0 Å². The maximum atomic E-state index is 12.2. The Kier molecular flexibility index (Phi) is 6.72. The molecule has 0 aliphatic carbocycles. The second-order valence-electron chi connectivity index (χ2n) is 5.85. The number of para-hydroxylation sites is 1. The number of ether oxygens (including phenoxy) is 2. The van der Waals surface area contributed by atoms with Crippen LogP contribution in [0.15, 0.2) is 78.9 Å². The molecule has 0 fully saturated rings. The van der Waals surface area contributed by atoms with E-state index in [0.29, 0.717) is 29.5 Å². The van der Waals surface area contributed by atoms with E-state index in [9.17, 15) is 4.79 Å². The molecule has 1 amide bonds. The summed E-state index contributed by atoms with van der Waals surface area (Å²) in [7, 11) is 0. The van der Waals surface area contributed by atoms with E-state index in [4.69, 9.17) is 21.1 Å². The highest BCUT2D eigenvalue weighted by atomic mass is 35.5. The lowest BCUT2D eigenvalue weighted by Crippen LogP contribution is -2.11. The summed E-state index contributed by atoms with van der Waals surface area (Å²) in [6.07, 6.45) is 0.772. The summed E-state index contributed by atoms with van der Waals surface area (Å²) in [6.45, 7) is 1.13. The van der Waals surface area contributed by atoms with Crippen molar-refractivity contribution >= 4 is 23.2 Å². The Morgan fingerprint density at radius 3 is 2.00 bits per heavy atom. The Morgan fingerprint density at radius 2 is 1.37 bits per heavy atom. The number of amides is 1. The largest absolute Gasteiger partial charge is 0.493 e. The third kappa shape index (κ3) is 6.04. The summed E-state index contributed by atoms with van der Waals surface area (Å²) in [4.78, 5) is 12.2. The molecule has 0 unspecified atom stereocenters. The van der Waals surface area contributed by atoms with Crippen LogP contribution in [0.1, 0.15) is 16.8 Å². The normalized spacial score (nSPS) is 10.3. The van der Waals surface area contributed by atoms with Gasteiger partial charge in [-0.25, -0.2) is 0 Å². The zero-order valence-corrected chi connectivity index (χ0v) is 15.5. The molecular weight excluding hydrogens is 362 g/mol. The molecule has 0 aromatic heterocycles. The average molecular weight is 382 g/mol. The molecule has 5 heteroatoms. The summed E-state index contributed by atoms with van der Waals surface area (Å²) in [6, 6.07) is 23.7. The highest BCUT2D eigenvalue weighted by molar-refractivity contribution is 6.30. The third-order valence-corrected chi connectivity index (χ3v) is 4.04. The van der Waals surface area contributed by atoms with Crippen molar-refractivity contribution in [3.05, 3.63) is 89.4 Å². The Labute approximate surface area is 163 Å². The van der Waals surface area contributed by atoms with E-state index >= 15 is 0 Å². The molecule has 4 nitrogen and oxygen atoms in total. The fourth-order valence-electron chi connectivity index (χ4n) is 2.39. The topological polar surface area (TPSA) is 47.6 Å². The number of carbonyl (C=O) groups excluding carboxylic acids is 1. The molecule has 3 rings (SSSR count). The second kappa shape index (κ2) is 9.64. The Bertz CT molecular complexity index is 849. The molecule has 0 spiro atoms. The Hall–Kier alpha value is -2.98. The van der Waals surface area contributed by atoms with Gasteiger partial charge in [0.15, 0.2) is 0 Å². The van der Waals surface area contributed by atoms with Gasteiger partial charge in [0, 0.05) is 22.7 Å². The molecule has 27 heavy (non-hydrogen) atoms. The first-order valence-electron chi connectivity index (χ1n) is 8.68. The lowest BCUT2D eigenvalue weighted by Gasteiger charge is -2.09. The molecule has 138 valence electrons. The second-order valence-corrected chi connectivity index (χ2v) is 6.29. The number of hydrogen-bond donors (Lipinski definition) is 1. The average Bonchev–Trinajstić information content (AvgIpc) is 2.71. The number of benzene rings is 3. The highest BCUT2D eigenvalue weighted by Crippen LogP contribution is 2.17. The van der Waals surface area contributed by atoms with E-state index in [2.05, 4.69) is 5.32 Å². The maximum absolute atomic E-state index is 12.2. The molecule has 0 aliphatic rings. The van der Waals surface area contributed by atoms with Crippen molar-refractivity contribution < 1.29 is 14.3 Å². The summed E-state index contributed by atoms with van der Waals surface area (Å²) in [5.74, 6) is 1.39. The van der Waals surface area contributed by atoms with Gasteiger partial charge in [-0.1, -0.05) is 29.8 Å². The van der Waals surface area contributed by atoms with Crippen LogP contribution in [0, 0.1) is 0 Å². The first kappa shape index (κ1) is 18.8. The minimum Gasteiger partial charge on any atom is -0.493 e. The summed E-state index contributed by atoms with van der Waals surface area (Å²) < 4.78 is 11.3. The number of rotatable bonds is 8. The molecule has 3 aromatic carbocycles. The minimum absolute atomic E-state index is 0.180. The van der Waals surface area contributed by atoms with Crippen LogP contribution in [0.2, 0.25) is 5.02 Å². The van der Waals surface area contributed by atoms with Gasteiger partial charge in [0.05, 0.1) is 13.2 Å². The monoisotopic (exact) mass is 381 g/mol. The van der Waals surface area contributed by atoms with E-state index in [-0.39, 0.29) is 5.91 Å². The van der Waals surface area contributed by atoms with Crippen molar-refractivity contribution in [2.45, 2.75) is 6.42 Å². The molecule has 0 saturated heterocycles. The van der Waals surface area contributed by atoms with E-state index in [1.54, 1.807) is 48.5 Å². The molecule has 0 saturated carbocycles. The quantitative estimate of drug-likeness (QED) is 0.528. The van der Waals surface area contributed by atoms with Crippen molar-refractivity contribution in [1.82, 2.24) is 0 Å². The van der Waals surface area contributed by atoms with Crippen LogP contribution in [0.3, 0.4) is 0 Å². The van der Waals surface area contributed by atoms with Gasteiger partial charge < -0.3 is 14.8 Å². The molecule has 1 N–H and O–H groups in total. The number of anilines is 1. The van der Waals surface area contributed by atoms with Crippen molar-refractivity contribution in [1.29, 1.82) is 0 Å². The molecule has 3 aromatic rings. The van der Waals surface area contributed by atoms with Gasteiger partial charge in [-0.2, -0.15) is 0 Å². The molecular formula is C22H20ClNO3. The van der Waals surface area contributed by atoms with Gasteiger partial charge in [0.2, 0.25) is 0 Å². The highest BCUT2D eigenvalue weighted by Gasteiger charge is 2.06. The Balaban J connectivity index is 1.41. The van der Waals surface area contributed by atoms with Crippen molar-refractivity contribution in [2.75, 3.05) is 18.5 Å². The summed E-state index contributed by atoms with van der Waals surface area (Å²) >= 11 is 5.84. The van der Waals surface area contributed by atoms with Crippen molar-refractivity contribution in [3.8, 4) is 11.5 Å². The van der Waals surface area contributed by atoms with Crippen LogP contribution in [-0.2, 0) is 0 Å². The Morgan fingerprint density at radius 1 is 0.778 bits per heavy atom.